The zero-order valence-corrected chi connectivity index (χ0v) is 13.2. The van der Waals surface area contributed by atoms with E-state index >= 15 is 0 Å². The van der Waals surface area contributed by atoms with Crippen LogP contribution < -0.4 is 4.74 Å². The van der Waals surface area contributed by atoms with Crippen LogP contribution in [0.2, 0.25) is 0 Å². The molecule has 1 aliphatic rings. The topological polar surface area (TPSA) is 35.5 Å². The van der Waals surface area contributed by atoms with Crippen LogP contribution in [0.1, 0.15) is 47.7 Å². The maximum Gasteiger partial charge on any atom is 0.344 e. The van der Waals surface area contributed by atoms with Gasteiger partial charge in [0.25, 0.3) is 0 Å². The monoisotopic (exact) mass is 308 g/mol. The Kier molecular flexibility index (Phi) is 4.77. The first-order chi connectivity index (χ1) is 11.3. The Balaban J connectivity index is 1.70. The molecule has 0 fully saturated rings. The smallest absolute Gasteiger partial charge is 0.344 e. The molecule has 0 spiro atoms. The number of benzene rings is 2. The number of carbonyl (C=O) groups excluding carboxylic acids is 1. The number of unbranched alkanes of at least 4 members (excludes halogenated alkanes) is 2. The van der Waals surface area contributed by atoms with E-state index in [9.17, 15) is 4.79 Å². The van der Waals surface area contributed by atoms with Gasteiger partial charge in [0.15, 0.2) is 0 Å². The van der Waals surface area contributed by atoms with Gasteiger partial charge in [0.1, 0.15) is 11.5 Å². The van der Waals surface area contributed by atoms with Crippen LogP contribution in [-0.4, -0.2) is 12.6 Å². The van der Waals surface area contributed by atoms with E-state index in [2.05, 4.69) is 6.92 Å². The van der Waals surface area contributed by atoms with Crippen molar-refractivity contribution in [1.82, 2.24) is 0 Å². The van der Waals surface area contributed by atoms with E-state index in [0.717, 1.165) is 29.9 Å². The van der Waals surface area contributed by atoms with Crippen molar-refractivity contribution in [2.75, 3.05) is 6.61 Å². The highest BCUT2D eigenvalue weighted by Crippen LogP contribution is 2.31. The van der Waals surface area contributed by atoms with Crippen molar-refractivity contribution >= 4 is 17.8 Å². The van der Waals surface area contributed by atoms with E-state index in [1.54, 1.807) is 6.07 Å². The number of hydrogen-bond donors (Lipinski definition) is 0. The lowest BCUT2D eigenvalue weighted by molar-refractivity contribution is 0.0717. The molecule has 0 aliphatic carbocycles. The molecule has 2 aromatic carbocycles. The van der Waals surface area contributed by atoms with Gasteiger partial charge >= 0.3 is 5.97 Å². The van der Waals surface area contributed by atoms with Gasteiger partial charge in [-0.3, -0.25) is 0 Å². The summed E-state index contributed by atoms with van der Waals surface area (Å²) in [6.45, 7) is 2.93. The summed E-state index contributed by atoms with van der Waals surface area (Å²) in [5.41, 5.74) is 2.44. The lowest BCUT2D eigenvalue weighted by Gasteiger charge is -2.06. The summed E-state index contributed by atoms with van der Waals surface area (Å²) in [4.78, 5) is 11.8. The zero-order chi connectivity index (χ0) is 16.1. The molecule has 0 atom stereocenters. The molecular weight excluding hydrogens is 288 g/mol. The Hall–Kier alpha value is -2.55. The fourth-order valence-electron chi connectivity index (χ4n) is 2.55. The van der Waals surface area contributed by atoms with E-state index in [4.69, 9.17) is 9.47 Å². The second-order valence-electron chi connectivity index (χ2n) is 5.57. The van der Waals surface area contributed by atoms with Gasteiger partial charge in [-0.1, -0.05) is 50.1 Å². The number of fused-ring (bicyclic) bond motifs is 1. The summed E-state index contributed by atoms with van der Waals surface area (Å²) >= 11 is 0. The van der Waals surface area contributed by atoms with E-state index in [1.807, 2.05) is 48.5 Å². The summed E-state index contributed by atoms with van der Waals surface area (Å²) in [7, 11) is 0. The lowest BCUT2D eigenvalue weighted by Crippen LogP contribution is -1.96. The number of carbonyl (C=O) groups is 1. The predicted octanol–water partition coefficient (Wildman–Crippen LogP) is 4.92. The molecule has 0 radical (unpaired) electrons. The summed E-state index contributed by atoms with van der Waals surface area (Å²) in [5.74, 6) is 1.18. The first-order valence-corrected chi connectivity index (χ1v) is 8.04. The van der Waals surface area contributed by atoms with Crippen LogP contribution in [-0.2, 0) is 4.74 Å². The standard InChI is InChI=1S/C20H20O3/c1-2-3-6-13-22-16-11-9-15(10-12-16)14-19-17-7-4-5-8-18(17)20(21)23-19/h4-5,7-12,14H,2-3,6,13H2,1H3/b19-14+. The summed E-state index contributed by atoms with van der Waals surface area (Å²) in [6, 6.07) is 15.3. The van der Waals surface area contributed by atoms with Gasteiger partial charge in [-0.2, -0.15) is 0 Å². The Morgan fingerprint density at radius 2 is 1.74 bits per heavy atom. The Labute approximate surface area is 136 Å². The first-order valence-electron chi connectivity index (χ1n) is 8.04. The molecule has 2 aromatic rings. The third kappa shape index (κ3) is 3.62. The molecule has 0 unspecified atom stereocenters. The normalized spacial score (nSPS) is 14.7. The van der Waals surface area contributed by atoms with Gasteiger partial charge in [-0.25, -0.2) is 4.79 Å². The van der Waals surface area contributed by atoms with Gasteiger partial charge in [-0.05, 0) is 36.3 Å². The van der Waals surface area contributed by atoms with Crippen molar-refractivity contribution in [1.29, 1.82) is 0 Å². The van der Waals surface area contributed by atoms with Crippen LogP contribution in [0.4, 0.5) is 0 Å². The van der Waals surface area contributed by atoms with E-state index < -0.39 is 0 Å². The number of esters is 1. The van der Waals surface area contributed by atoms with Crippen molar-refractivity contribution < 1.29 is 14.3 Å². The summed E-state index contributed by atoms with van der Waals surface area (Å²) in [5, 5.41) is 0. The van der Waals surface area contributed by atoms with Crippen LogP contribution in [0.25, 0.3) is 11.8 Å². The van der Waals surface area contributed by atoms with Gasteiger partial charge in [0.05, 0.1) is 12.2 Å². The molecule has 0 saturated heterocycles. The second-order valence-corrected chi connectivity index (χ2v) is 5.57. The van der Waals surface area contributed by atoms with Gasteiger partial charge < -0.3 is 9.47 Å². The molecule has 23 heavy (non-hydrogen) atoms. The minimum Gasteiger partial charge on any atom is -0.494 e. The molecule has 0 aromatic heterocycles. The molecule has 3 heteroatoms. The molecule has 1 heterocycles. The van der Waals surface area contributed by atoms with E-state index in [-0.39, 0.29) is 5.97 Å². The number of cyclic esters (lactones) is 1. The van der Waals surface area contributed by atoms with Crippen molar-refractivity contribution in [2.24, 2.45) is 0 Å². The van der Waals surface area contributed by atoms with Crippen molar-refractivity contribution in [3.05, 3.63) is 65.2 Å². The highest BCUT2D eigenvalue weighted by Gasteiger charge is 2.25. The van der Waals surface area contributed by atoms with Crippen LogP contribution in [0.5, 0.6) is 5.75 Å². The SMILES string of the molecule is CCCCCOc1ccc(/C=C2/OC(=O)c3ccccc32)cc1. The third-order valence-corrected chi connectivity index (χ3v) is 3.81. The Morgan fingerprint density at radius 3 is 2.48 bits per heavy atom. The van der Waals surface area contributed by atoms with Crippen LogP contribution in [0.3, 0.4) is 0 Å². The summed E-state index contributed by atoms with van der Waals surface area (Å²) < 4.78 is 11.0. The maximum atomic E-state index is 11.8. The zero-order valence-electron chi connectivity index (χ0n) is 13.2. The minimum atomic E-state index is -0.289. The van der Waals surface area contributed by atoms with Gasteiger partial charge in [-0.15, -0.1) is 0 Å². The fraction of sp³-hybridized carbons (Fsp3) is 0.250. The van der Waals surface area contributed by atoms with Gasteiger partial charge in [0, 0.05) is 5.56 Å². The molecule has 0 saturated carbocycles. The number of rotatable bonds is 6. The average Bonchev–Trinajstić information content (AvgIpc) is 2.90. The second kappa shape index (κ2) is 7.14. The molecular formula is C20H20O3. The van der Waals surface area contributed by atoms with E-state index in [1.165, 1.54) is 12.8 Å². The van der Waals surface area contributed by atoms with Crippen LogP contribution in [0, 0.1) is 0 Å². The average molecular weight is 308 g/mol. The van der Waals surface area contributed by atoms with Crippen molar-refractivity contribution in [2.45, 2.75) is 26.2 Å². The highest BCUT2D eigenvalue weighted by molar-refractivity contribution is 6.05. The first kappa shape index (κ1) is 15.3. The molecule has 0 bridgehead atoms. The highest BCUT2D eigenvalue weighted by atomic mass is 16.5. The number of ether oxygens (including phenoxy) is 2. The summed E-state index contributed by atoms with van der Waals surface area (Å²) in [6.07, 6.45) is 5.34. The number of hydrogen-bond acceptors (Lipinski definition) is 3. The minimum absolute atomic E-state index is 0.289. The van der Waals surface area contributed by atoms with Crippen LogP contribution >= 0.6 is 0 Å². The predicted molar refractivity (Wildman–Crippen MR) is 91.2 cm³/mol. The molecule has 1 aliphatic heterocycles. The third-order valence-electron chi connectivity index (χ3n) is 3.81. The maximum absolute atomic E-state index is 11.8. The van der Waals surface area contributed by atoms with Crippen molar-refractivity contribution in [3.63, 3.8) is 0 Å². The fourth-order valence-corrected chi connectivity index (χ4v) is 2.55. The van der Waals surface area contributed by atoms with Crippen molar-refractivity contribution in [3.8, 4) is 5.75 Å². The quantitative estimate of drug-likeness (QED) is 0.561. The molecule has 0 N–H and O–H groups in total. The van der Waals surface area contributed by atoms with E-state index in [0.29, 0.717) is 11.3 Å². The van der Waals surface area contributed by atoms with Crippen LogP contribution in [0.15, 0.2) is 48.5 Å². The largest absolute Gasteiger partial charge is 0.494 e. The molecule has 3 rings (SSSR count). The molecule has 3 nitrogen and oxygen atoms in total. The Bertz CT molecular complexity index is 714. The Morgan fingerprint density at radius 1 is 1.00 bits per heavy atom. The lowest BCUT2D eigenvalue weighted by atomic mass is 10.1. The van der Waals surface area contributed by atoms with Gasteiger partial charge in [0.2, 0.25) is 0 Å². The molecule has 0 amide bonds. The molecule has 118 valence electrons.